The summed E-state index contributed by atoms with van der Waals surface area (Å²) in [6.07, 6.45) is 0. The van der Waals surface area contributed by atoms with Crippen LogP contribution >= 0.6 is 23.1 Å². The zero-order valence-electron chi connectivity index (χ0n) is 10.3. The molecular weight excluding hydrogens is 287 g/mol. The van der Waals surface area contributed by atoms with Crippen LogP contribution in [-0.2, 0) is 5.75 Å². The number of benzene rings is 1. The molecule has 2 rings (SSSR count). The first kappa shape index (κ1) is 14.0. The summed E-state index contributed by atoms with van der Waals surface area (Å²) in [6.45, 7) is 3.13. The lowest BCUT2D eigenvalue weighted by atomic mass is 10.1. The number of hydrogen-bond donors (Lipinski definition) is 1. The van der Waals surface area contributed by atoms with Gasteiger partial charge in [0, 0.05) is 11.3 Å². The van der Waals surface area contributed by atoms with Crippen LogP contribution in [0.3, 0.4) is 0 Å². The molecule has 1 heterocycles. The molecule has 1 aromatic heterocycles. The van der Waals surface area contributed by atoms with Crippen molar-refractivity contribution in [2.24, 2.45) is 0 Å². The van der Waals surface area contributed by atoms with Gasteiger partial charge in [0.05, 0.1) is 5.56 Å². The van der Waals surface area contributed by atoms with Crippen molar-refractivity contribution >= 4 is 28.9 Å². The summed E-state index contributed by atoms with van der Waals surface area (Å²) in [5.74, 6) is -0.733. The number of phenols is 1. The zero-order valence-corrected chi connectivity index (χ0v) is 11.9. The highest BCUT2D eigenvalue weighted by Gasteiger charge is 2.14. The second kappa shape index (κ2) is 5.66. The van der Waals surface area contributed by atoms with E-state index in [2.05, 4.69) is 10.2 Å². The summed E-state index contributed by atoms with van der Waals surface area (Å²) in [7, 11) is 0. The molecule has 0 aliphatic carbocycles. The van der Waals surface area contributed by atoms with E-state index in [-0.39, 0.29) is 17.1 Å². The fourth-order valence-electron chi connectivity index (χ4n) is 1.51. The van der Waals surface area contributed by atoms with Crippen LogP contribution < -0.4 is 0 Å². The third kappa shape index (κ3) is 3.30. The Balaban J connectivity index is 2.22. The van der Waals surface area contributed by atoms with E-state index in [0.717, 1.165) is 15.4 Å². The number of nitrogens with zero attached hydrogens (tertiary/aromatic N) is 2. The molecule has 0 aliphatic rings. The Bertz CT molecular complexity index is 628. The van der Waals surface area contributed by atoms with Gasteiger partial charge in [-0.1, -0.05) is 23.1 Å². The van der Waals surface area contributed by atoms with Gasteiger partial charge in [-0.05, 0) is 26.0 Å². The molecule has 19 heavy (non-hydrogen) atoms. The van der Waals surface area contributed by atoms with Gasteiger partial charge in [-0.15, -0.1) is 10.2 Å². The van der Waals surface area contributed by atoms with Crippen LogP contribution in [0.25, 0.3) is 0 Å². The molecule has 0 aliphatic heterocycles. The van der Waals surface area contributed by atoms with Crippen LogP contribution in [0, 0.1) is 12.7 Å². The fourth-order valence-corrected chi connectivity index (χ4v) is 3.30. The third-order valence-electron chi connectivity index (χ3n) is 2.39. The smallest absolute Gasteiger partial charge is 0.174 e. The summed E-state index contributed by atoms with van der Waals surface area (Å²) < 4.78 is 14.1. The Morgan fingerprint density at radius 2 is 2.21 bits per heavy atom. The van der Waals surface area contributed by atoms with Gasteiger partial charge in [0.2, 0.25) is 0 Å². The van der Waals surface area contributed by atoms with Gasteiger partial charge in [0.15, 0.2) is 10.1 Å². The molecule has 0 spiro atoms. The number of Topliss-reactive ketones (excluding diaryl/α,β-unsaturated/α-hetero) is 1. The third-order valence-corrected chi connectivity index (χ3v) is 4.41. The average Bonchev–Trinajstić information content (AvgIpc) is 2.75. The van der Waals surface area contributed by atoms with Crippen LogP contribution in [0.5, 0.6) is 5.75 Å². The van der Waals surface area contributed by atoms with Crippen molar-refractivity contribution in [1.82, 2.24) is 10.2 Å². The molecule has 4 nitrogen and oxygen atoms in total. The summed E-state index contributed by atoms with van der Waals surface area (Å²) in [6, 6.07) is 2.27. The number of thioether (sulfide) groups is 1. The molecular formula is C12H11FN2O2S2. The van der Waals surface area contributed by atoms with E-state index >= 15 is 0 Å². The number of aromatic nitrogens is 2. The maximum absolute atomic E-state index is 13.4. The molecule has 0 radical (unpaired) electrons. The largest absolute Gasteiger partial charge is 0.507 e. The predicted molar refractivity (Wildman–Crippen MR) is 72.3 cm³/mol. The van der Waals surface area contributed by atoms with Crippen LogP contribution in [0.4, 0.5) is 4.39 Å². The number of hydrogen-bond acceptors (Lipinski definition) is 6. The predicted octanol–water partition coefficient (Wildman–Crippen LogP) is 3.19. The first-order valence-electron chi connectivity index (χ1n) is 5.42. The van der Waals surface area contributed by atoms with E-state index in [1.807, 2.05) is 6.92 Å². The highest BCUT2D eigenvalue weighted by atomic mass is 32.2. The molecule has 0 unspecified atom stereocenters. The van der Waals surface area contributed by atoms with Gasteiger partial charge < -0.3 is 5.11 Å². The first-order chi connectivity index (χ1) is 8.97. The molecule has 2 aromatic rings. The molecule has 7 heteroatoms. The molecule has 0 bridgehead atoms. The minimum absolute atomic E-state index is 0.00374. The monoisotopic (exact) mass is 298 g/mol. The van der Waals surface area contributed by atoms with Crippen molar-refractivity contribution in [2.75, 3.05) is 0 Å². The van der Waals surface area contributed by atoms with Crippen LogP contribution in [0.1, 0.15) is 27.9 Å². The van der Waals surface area contributed by atoms with E-state index < -0.39 is 5.82 Å². The van der Waals surface area contributed by atoms with Crippen molar-refractivity contribution in [3.05, 3.63) is 34.1 Å². The number of aromatic hydroxyl groups is 1. The lowest BCUT2D eigenvalue weighted by Crippen LogP contribution is -1.97. The Hall–Kier alpha value is -1.47. The van der Waals surface area contributed by atoms with Crippen LogP contribution in [0.2, 0.25) is 0 Å². The van der Waals surface area contributed by atoms with Crippen molar-refractivity contribution in [3.63, 3.8) is 0 Å². The van der Waals surface area contributed by atoms with E-state index in [4.69, 9.17) is 0 Å². The summed E-state index contributed by atoms with van der Waals surface area (Å²) in [5.41, 5.74) is 0.382. The molecule has 0 saturated heterocycles. The molecule has 1 aromatic carbocycles. The maximum Gasteiger partial charge on any atom is 0.174 e. The average molecular weight is 298 g/mol. The molecule has 1 N–H and O–H groups in total. The minimum atomic E-state index is -0.535. The Labute approximate surface area is 117 Å². The molecule has 100 valence electrons. The van der Waals surface area contributed by atoms with E-state index in [9.17, 15) is 14.3 Å². The fraction of sp³-hybridized carbons (Fsp3) is 0.250. The van der Waals surface area contributed by atoms with Gasteiger partial charge in [0.25, 0.3) is 0 Å². The highest BCUT2D eigenvalue weighted by Crippen LogP contribution is 2.32. The molecule has 0 atom stereocenters. The standard InChI is InChI=1S/C12H11FN2O2S2/c1-6(16)10-4-9(13)3-8(11(10)17)5-18-12-15-14-7(2)19-12/h3-4,17H,5H2,1-2H3. The van der Waals surface area contributed by atoms with Crippen molar-refractivity contribution < 1.29 is 14.3 Å². The van der Waals surface area contributed by atoms with Crippen LogP contribution in [0.15, 0.2) is 16.5 Å². The van der Waals surface area contributed by atoms with Crippen molar-refractivity contribution in [1.29, 1.82) is 0 Å². The topological polar surface area (TPSA) is 63.1 Å². The van der Waals surface area contributed by atoms with E-state index in [1.165, 1.54) is 36.1 Å². The van der Waals surface area contributed by atoms with Crippen molar-refractivity contribution in [3.8, 4) is 5.75 Å². The summed E-state index contributed by atoms with van der Waals surface area (Å²) in [4.78, 5) is 11.3. The lowest BCUT2D eigenvalue weighted by Gasteiger charge is -2.07. The second-order valence-corrected chi connectivity index (χ2v) is 6.30. The number of phenolic OH excluding ortho intramolecular Hbond substituents is 1. The number of aryl methyl sites for hydroxylation is 1. The lowest BCUT2D eigenvalue weighted by molar-refractivity contribution is 0.101. The van der Waals surface area contributed by atoms with Gasteiger partial charge in [0.1, 0.15) is 16.6 Å². The minimum Gasteiger partial charge on any atom is -0.507 e. The summed E-state index contributed by atoms with van der Waals surface area (Å²) in [5, 5.41) is 18.6. The number of halogens is 1. The number of rotatable bonds is 4. The van der Waals surface area contributed by atoms with Gasteiger partial charge in [-0.3, -0.25) is 4.79 Å². The number of carbonyl (C=O) groups excluding carboxylic acids is 1. The maximum atomic E-state index is 13.4. The van der Waals surface area contributed by atoms with Crippen molar-refractivity contribution in [2.45, 2.75) is 23.9 Å². The molecule has 0 saturated carbocycles. The van der Waals surface area contributed by atoms with Gasteiger partial charge in [-0.2, -0.15) is 0 Å². The number of carbonyl (C=O) groups is 1. The van der Waals surface area contributed by atoms with Gasteiger partial charge >= 0.3 is 0 Å². The van der Waals surface area contributed by atoms with E-state index in [1.54, 1.807) is 0 Å². The Kier molecular flexibility index (Phi) is 4.16. The molecule has 0 amide bonds. The summed E-state index contributed by atoms with van der Waals surface area (Å²) >= 11 is 2.77. The van der Waals surface area contributed by atoms with Crippen LogP contribution in [-0.4, -0.2) is 21.1 Å². The normalized spacial score (nSPS) is 10.7. The zero-order chi connectivity index (χ0) is 14.0. The SMILES string of the molecule is CC(=O)c1cc(F)cc(CSc2nnc(C)s2)c1O. The van der Waals surface area contributed by atoms with E-state index in [0.29, 0.717) is 11.3 Å². The Morgan fingerprint density at radius 3 is 2.79 bits per heavy atom. The molecule has 0 fully saturated rings. The van der Waals surface area contributed by atoms with Gasteiger partial charge in [-0.25, -0.2) is 4.39 Å². The first-order valence-corrected chi connectivity index (χ1v) is 7.23. The second-order valence-electron chi connectivity index (χ2n) is 3.89. The Morgan fingerprint density at radius 1 is 1.47 bits per heavy atom. The number of ketones is 1. The quantitative estimate of drug-likeness (QED) is 0.694. The highest BCUT2D eigenvalue weighted by molar-refractivity contribution is 8.00.